The van der Waals surface area contributed by atoms with E-state index in [1.807, 2.05) is 24.4 Å². The van der Waals surface area contributed by atoms with E-state index in [0.29, 0.717) is 29.1 Å². The molecule has 5 heterocycles. The number of nitrogens with zero attached hydrogens (tertiary/aromatic N) is 4. The third kappa shape index (κ3) is 4.04. The second kappa shape index (κ2) is 8.41. The Morgan fingerprint density at radius 1 is 1.23 bits per heavy atom. The Kier molecular flexibility index (Phi) is 5.62. The summed E-state index contributed by atoms with van der Waals surface area (Å²) in [7, 11) is 0. The van der Waals surface area contributed by atoms with Crippen LogP contribution < -0.4 is 0 Å². The van der Waals surface area contributed by atoms with Crippen LogP contribution in [0, 0.1) is 6.92 Å². The molecule has 5 rings (SSSR count). The first kappa shape index (κ1) is 20.7. The van der Waals surface area contributed by atoms with Gasteiger partial charge < -0.3 is 10.0 Å². The van der Waals surface area contributed by atoms with Crippen molar-refractivity contribution in [2.45, 2.75) is 70.6 Å². The third-order valence-corrected chi connectivity index (χ3v) is 8.49. The summed E-state index contributed by atoms with van der Waals surface area (Å²) in [6.45, 7) is 3.67. The molecule has 1 amide bonds. The minimum Gasteiger partial charge on any atom is -0.386 e. The molecule has 0 saturated carbocycles. The molecule has 0 radical (unpaired) electrons. The van der Waals surface area contributed by atoms with Crippen molar-refractivity contribution < 1.29 is 9.90 Å². The predicted molar refractivity (Wildman–Crippen MR) is 122 cm³/mol. The van der Waals surface area contributed by atoms with Crippen LogP contribution in [0.15, 0.2) is 23.7 Å². The Morgan fingerprint density at radius 2 is 2.00 bits per heavy atom. The van der Waals surface area contributed by atoms with Crippen LogP contribution in [0.3, 0.4) is 0 Å². The van der Waals surface area contributed by atoms with Crippen molar-refractivity contribution >= 4 is 28.6 Å². The van der Waals surface area contributed by atoms with Crippen molar-refractivity contribution in [3.63, 3.8) is 0 Å². The van der Waals surface area contributed by atoms with Crippen molar-refractivity contribution in [2.75, 3.05) is 0 Å². The van der Waals surface area contributed by atoms with Crippen LogP contribution in [-0.2, 0) is 6.42 Å². The first-order valence-electron chi connectivity index (χ1n) is 10.9. The molecule has 2 saturated heterocycles. The number of aryl methyl sites for hydroxylation is 1. The SMILES string of the molecule is Cc1nc(C(C)O)sc1-c1csc(Cc2ccc(C(=O)N3[C@@H]4CCC[C@H]3CC4)cn2)n1. The van der Waals surface area contributed by atoms with Gasteiger partial charge in [0, 0.05) is 35.8 Å². The Morgan fingerprint density at radius 3 is 2.65 bits per heavy atom. The number of aliphatic hydroxyl groups is 1. The van der Waals surface area contributed by atoms with Crippen molar-refractivity contribution in [3.05, 3.63) is 50.7 Å². The second-order valence-corrected chi connectivity index (χ2v) is 10.5. The van der Waals surface area contributed by atoms with Gasteiger partial charge in [-0.15, -0.1) is 22.7 Å². The molecule has 2 fully saturated rings. The first-order chi connectivity index (χ1) is 15.0. The van der Waals surface area contributed by atoms with Crippen molar-refractivity contribution in [3.8, 4) is 10.6 Å². The van der Waals surface area contributed by atoms with Gasteiger partial charge in [0.15, 0.2) is 0 Å². The molecule has 1 N–H and O–H groups in total. The largest absolute Gasteiger partial charge is 0.386 e. The third-order valence-electron chi connectivity index (χ3n) is 6.29. The van der Waals surface area contributed by atoms with Gasteiger partial charge in [0.2, 0.25) is 0 Å². The molecule has 2 bridgehead atoms. The summed E-state index contributed by atoms with van der Waals surface area (Å²) in [5.41, 5.74) is 3.39. The fraction of sp³-hybridized carbons (Fsp3) is 0.478. The lowest BCUT2D eigenvalue weighted by Crippen LogP contribution is -2.44. The summed E-state index contributed by atoms with van der Waals surface area (Å²) in [6.07, 6.45) is 7.60. The molecule has 0 aliphatic carbocycles. The average molecular weight is 455 g/mol. The molecular formula is C23H26N4O2S2. The number of carbonyl (C=O) groups excluding carboxylic acids is 1. The fourth-order valence-electron chi connectivity index (χ4n) is 4.74. The Bertz CT molecular complexity index is 1070. The normalized spacial score (nSPS) is 21.5. The van der Waals surface area contributed by atoms with Gasteiger partial charge in [-0.25, -0.2) is 9.97 Å². The van der Waals surface area contributed by atoms with Crippen molar-refractivity contribution in [2.24, 2.45) is 0 Å². The number of hydrogen-bond donors (Lipinski definition) is 1. The van der Waals surface area contributed by atoms with E-state index in [0.717, 1.165) is 52.6 Å². The van der Waals surface area contributed by atoms with Gasteiger partial charge in [-0.3, -0.25) is 9.78 Å². The van der Waals surface area contributed by atoms with E-state index in [4.69, 9.17) is 4.98 Å². The molecule has 2 aliphatic heterocycles. The van der Waals surface area contributed by atoms with Crippen molar-refractivity contribution in [1.29, 1.82) is 0 Å². The van der Waals surface area contributed by atoms with Crippen LogP contribution in [0.25, 0.3) is 10.6 Å². The zero-order chi connectivity index (χ0) is 21.5. The smallest absolute Gasteiger partial charge is 0.255 e. The van der Waals surface area contributed by atoms with Crippen LogP contribution in [-0.4, -0.2) is 42.9 Å². The van der Waals surface area contributed by atoms with Gasteiger partial charge in [0.05, 0.1) is 26.8 Å². The number of thiazole rings is 2. The first-order valence-corrected chi connectivity index (χ1v) is 12.6. The number of carbonyl (C=O) groups is 1. The van der Waals surface area contributed by atoms with Gasteiger partial charge in [-0.2, -0.15) is 0 Å². The summed E-state index contributed by atoms with van der Waals surface area (Å²) < 4.78 is 0. The van der Waals surface area contributed by atoms with Gasteiger partial charge >= 0.3 is 0 Å². The zero-order valence-corrected chi connectivity index (χ0v) is 19.4. The Hall–Kier alpha value is -2.16. The van der Waals surface area contributed by atoms with Gasteiger partial charge in [0.1, 0.15) is 11.1 Å². The monoisotopic (exact) mass is 454 g/mol. The Labute approximate surface area is 190 Å². The summed E-state index contributed by atoms with van der Waals surface area (Å²) >= 11 is 3.09. The van der Waals surface area contributed by atoms with Crippen LogP contribution in [0.5, 0.6) is 0 Å². The molecule has 6 nitrogen and oxygen atoms in total. The number of rotatable bonds is 5. The van der Waals surface area contributed by atoms with Crippen LogP contribution in [0.4, 0.5) is 0 Å². The van der Waals surface area contributed by atoms with E-state index in [9.17, 15) is 9.90 Å². The van der Waals surface area contributed by atoms with E-state index in [2.05, 4.69) is 14.9 Å². The molecule has 1 unspecified atom stereocenters. The van der Waals surface area contributed by atoms with Gasteiger partial charge in [-0.05, 0) is 58.1 Å². The maximum atomic E-state index is 13.0. The maximum Gasteiger partial charge on any atom is 0.255 e. The predicted octanol–water partition coefficient (Wildman–Crippen LogP) is 4.77. The van der Waals surface area contributed by atoms with Crippen LogP contribution in [0.1, 0.15) is 76.9 Å². The molecule has 162 valence electrons. The average Bonchev–Trinajstić information content (AvgIpc) is 3.44. The lowest BCUT2D eigenvalue weighted by molar-refractivity contribution is 0.0594. The highest BCUT2D eigenvalue weighted by Crippen LogP contribution is 2.36. The minimum atomic E-state index is -0.568. The lowest BCUT2D eigenvalue weighted by atomic mass is 10.0. The molecular weight excluding hydrogens is 428 g/mol. The number of aromatic nitrogens is 3. The summed E-state index contributed by atoms with van der Waals surface area (Å²) in [5.74, 6) is 0.136. The zero-order valence-electron chi connectivity index (χ0n) is 17.7. The standard InChI is InChI=1S/C23H26N4O2S2/c1-13-21(31-22(25-13)14(2)28)19-12-30-20(26-19)10-16-7-6-15(11-24-16)23(29)27-17-4-3-5-18(27)9-8-17/h6-7,11-12,14,17-18,28H,3-5,8-10H2,1-2H3/t14?,17-,18+. The van der Waals surface area contributed by atoms with Crippen LogP contribution >= 0.6 is 22.7 Å². The van der Waals surface area contributed by atoms with Gasteiger partial charge in [-0.1, -0.05) is 0 Å². The number of piperidine rings is 1. The van der Waals surface area contributed by atoms with E-state index < -0.39 is 6.10 Å². The number of fused-ring (bicyclic) bond motifs is 2. The van der Waals surface area contributed by atoms with Crippen LogP contribution in [0.2, 0.25) is 0 Å². The molecule has 0 spiro atoms. The molecule has 3 aromatic heterocycles. The molecule has 3 atom stereocenters. The van der Waals surface area contributed by atoms with Crippen molar-refractivity contribution in [1.82, 2.24) is 19.9 Å². The van der Waals surface area contributed by atoms with E-state index in [1.54, 1.807) is 24.5 Å². The van der Waals surface area contributed by atoms with E-state index in [1.165, 1.54) is 17.8 Å². The van der Waals surface area contributed by atoms with Gasteiger partial charge in [0.25, 0.3) is 5.91 Å². The lowest BCUT2D eigenvalue weighted by Gasteiger charge is -2.34. The quantitative estimate of drug-likeness (QED) is 0.601. The van der Waals surface area contributed by atoms with E-state index in [-0.39, 0.29) is 5.91 Å². The molecule has 2 aliphatic rings. The molecule has 31 heavy (non-hydrogen) atoms. The summed E-state index contributed by atoms with van der Waals surface area (Å²) in [4.78, 5) is 29.9. The number of pyridine rings is 1. The highest BCUT2D eigenvalue weighted by atomic mass is 32.1. The minimum absolute atomic E-state index is 0.136. The van der Waals surface area contributed by atoms with E-state index >= 15 is 0 Å². The molecule has 0 aromatic carbocycles. The maximum absolute atomic E-state index is 13.0. The number of aliphatic hydroxyl groups excluding tert-OH is 1. The fourth-order valence-corrected chi connectivity index (χ4v) is 6.58. The number of hydrogen-bond acceptors (Lipinski definition) is 7. The molecule has 3 aromatic rings. The summed E-state index contributed by atoms with van der Waals surface area (Å²) in [6, 6.07) is 4.70. The number of amides is 1. The highest BCUT2D eigenvalue weighted by Gasteiger charge is 2.39. The summed E-state index contributed by atoms with van der Waals surface area (Å²) in [5, 5.41) is 13.5. The topological polar surface area (TPSA) is 79.2 Å². The highest BCUT2D eigenvalue weighted by molar-refractivity contribution is 7.16. The molecule has 8 heteroatoms. The Balaban J connectivity index is 1.28. The second-order valence-electron chi connectivity index (χ2n) is 8.51.